The zero-order chi connectivity index (χ0) is 18.5. The monoisotopic (exact) mass is 357 g/mol. The number of hydrogen-bond donors (Lipinski definition) is 1. The van der Waals surface area contributed by atoms with E-state index in [0.29, 0.717) is 11.9 Å². The minimum absolute atomic E-state index is 0.187. The smallest absolute Gasteiger partial charge is 0.410 e. The summed E-state index contributed by atoms with van der Waals surface area (Å²) in [4.78, 5) is 18.3. The van der Waals surface area contributed by atoms with Crippen LogP contribution in [0.4, 0.5) is 10.7 Å². The summed E-state index contributed by atoms with van der Waals surface area (Å²) < 4.78 is 7.35. The lowest BCUT2D eigenvalue weighted by Gasteiger charge is -2.53. The van der Waals surface area contributed by atoms with Gasteiger partial charge in [0, 0.05) is 30.1 Å². The molecule has 7 nitrogen and oxygen atoms in total. The van der Waals surface area contributed by atoms with Crippen molar-refractivity contribution in [3.05, 3.63) is 23.9 Å². The molecule has 2 N–H and O–H groups in total. The van der Waals surface area contributed by atoms with Crippen molar-refractivity contribution in [1.29, 1.82) is 0 Å². The maximum Gasteiger partial charge on any atom is 0.410 e. The predicted molar refractivity (Wildman–Crippen MR) is 98.8 cm³/mol. The van der Waals surface area contributed by atoms with E-state index in [1.165, 1.54) is 5.69 Å². The highest BCUT2D eigenvalue weighted by Crippen LogP contribution is 2.48. The van der Waals surface area contributed by atoms with E-state index in [4.69, 9.17) is 10.5 Å². The van der Waals surface area contributed by atoms with Crippen LogP contribution in [0.2, 0.25) is 0 Å². The molecule has 140 valence electrons. The molecule has 3 heterocycles. The highest BCUT2D eigenvalue weighted by Gasteiger charge is 2.48. The number of pyridine rings is 1. The third-order valence-corrected chi connectivity index (χ3v) is 5.57. The molecule has 0 bridgehead atoms. The number of carbonyl (C=O) groups is 1. The molecule has 2 fully saturated rings. The first-order valence-corrected chi connectivity index (χ1v) is 9.34. The van der Waals surface area contributed by atoms with E-state index in [2.05, 4.69) is 16.1 Å². The van der Waals surface area contributed by atoms with E-state index in [1.807, 2.05) is 42.3 Å². The van der Waals surface area contributed by atoms with Crippen LogP contribution < -0.4 is 5.73 Å². The van der Waals surface area contributed by atoms with Gasteiger partial charge in [-0.25, -0.2) is 9.31 Å². The number of amides is 1. The van der Waals surface area contributed by atoms with Crippen molar-refractivity contribution in [3.63, 3.8) is 0 Å². The van der Waals surface area contributed by atoms with Crippen molar-refractivity contribution in [2.75, 3.05) is 18.8 Å². The summed E-state index contributed by atoms with van der Waals surface area (Å²) in [6.45, 7) is 7.35. The maximum absolute atomic E-state index is 12.2. The average Bonchev–Trinajstić information content (AvgIpc) is 2.91. The fraction of sp³-hybridized carbons (Fsp3) is 0.632. The van der Waals surface area contributed by atoms with Gasteiger partial charge in [0.15, 0.2) is 5.65 Å². The lowest BCUT2D eigenvalue weighted by molar-refractivity contribution is -0.0508. The van der Waals surface area contributed by atoms with Gasteiger partial charge in [-0.1, -0.05) is 6.07 Å². The van der Waals surface area contributed by atoms with E-state index in [0.717, 1.165) is 44.4 Å². The first kappa shape index (κ1) is 17.1. The van der Waals surface area contributed by atoms with Crippen LogP contribution in [0, 0.1) is 5.41 Å². The van der Waals surface area contributed by atoms with E-state index < -0.39 is 5.60 Å². The summed E-state index contributed by atoms with van der Waals surface area (Å²) in [6.07, 6.45) is 4.25. The number of aromatic nitrogens is 3. The van der Waals surface area contributed by atoms with Crippen LogP contribution in [0.15, 0.2) is 18.2 Å². The molecule has 0 atom stereocenters. The summed E-state index contributed by atoms with van der Waals surface area (Å²) in [6, 6.07) is 6.08. The van der Waals surface area contributed by atoms with Crippen molar-refractivity contribution >= 4 is 17.7 Å². The second-order valence-corrected chi connectivity index (χ2v) is 8.80. The number of anilines is 1. The van der Waals surface area contributed by atoms with Crippen LogP contribution >= 0.6 is 0 Å². The lowest BCUT2D eigenvalue weighted by Crippen LogP contribution is -2.60. The Balaban J connectivity index is 1.39. The predicted octanol–water partition coefficient (Wildman–Crippen LogP) is 3.21. The Morgan fingerprint density at radius 2 is 1.96 bits per heavy atom. The van der Waals surface area contributed by atoms with Crippen LogP contribution in [0.5, 0.6) is 0 Å². The van der Waals surface area contributed by atoms with Gasteiger partial charge in [-0.15, -0.1) is 5.10 Å². The van der Waals surface area contributed by atoms with Crippen molar-refractivity contribution in [1.82, 2.24) is 19.5 Å². The first-order valence-electron chi connectivity index (χ1n) is 9.34. The minimum Gasteiger partial charge on any atom is -0.444 e. The van der Waals surface area contributed by atoms with Gasteiger partial charge >= 0.3 is 6.09 Å². The number of nitrogen functional groups attached to an aromatic ring is 1. The Morgan fingerprint density at radius 3 is 2.62 bits per heavy atom. The van der Waals surface area contributed by atoms with Crippen LogP contribution in [0.3, 0.4) is 0 Å². The second-order valence-electron chi connectivity index (χ2n) is 8.80. The number of hydrogen-bond acceptors (Lipinski definition) is 5. The molecular weight excluding hydrogens is 330 g/mol. The standard InChI is InChI=1S/C19H27N5O2/c1-18(2,3)26-17(25)23-11-19(12-23)9-7-13(8-10-19)14-5-4-6-15-21-16(20)22-24(14)15/h4-6,13H,7-12H2,1-3H3,(H2,20,22). The van der Waals surface area contributed by atoms with Crippen LogP contribution in [0.25, 0.3) is 5.65 Å². The highest BCUT2D eigenvalue weighted by atomic mass is 16.6. The summed E-state index contributed by atoms with van der Waals surface area (Å²) in [5.41, 5.74) is 7.58. The second kappa shape index (κ2) is 5.86. The number of rotatable bonds is 1. The molecule has 1 amide bonds. The average molecular weight is 357 g/mol. The molecule has 1 aliphatic heterocycles. The molecule has 1 spiro atoms. The Morgan fingerprint density at radius 1 is 1.27 bits per heavy atom. The van der Waals surface area contributed by atoms with Crippen LogP contribution in [0.1, 0.15) is 58.1 Å². The van der Waals surface area contributed by atoms with Crippen LogP contribution in [-0.2, 0) is 4.74 Å². The van der Waals surface area contributed by atoms with Gasteiger partial charge in [-0.2, -0.15) is 4.98 Å². The Hall–Kier alpha value is -2.31. The van der Waals surface area contributed by atoms with Crippen LogP contribution in [-0.4, -0.2) is 44.3 Å². The van der Waals surface area contributed by atoms with Gasteiger partial charge in [0.05, 0.1) is 0 Å². The molecular formula is C19H27N5O2. The van der Waals surface area contributed by atoms with Gasteiger partial charge in [0.25, 0.3) is 0 Å². The number of carbonyl (C=O) groups excluding carboxylic acids is 1. The quantitative estimate of drug-likeness (QED) is 0.847. The highest BCUT2D eigenvalue weighted by molar-refractivity contribution is 5.69. The fourth-order valence-electron chi connectivity index (χ4n) is 4.31. The van der Waals surface area contributed by atoms with Gasteiger partial charge in [0.1, 0.15) is 5.60 Å². The summed E-state index contributed by atoms with van der Waals surface area (Å²) in [7, 11) is 0. The maximum atomic E-state index is 12.2. The molecule has 0 aromatic carbocycles. The third-order valence-electron chi connectivity index (χ3n) is 5.57. The number of nitrogens with two attached hydrogens (primary N) is 1. The molecule has 1 aliphatic carbocycles. The van der Waals surface area contributed by atoms with Gasteiger partial charge in [0.2, 0.25) is 5.95 Å². The number of fused-ring (bicyclic) bond motifs is 1. The molecule has 1 saturated heterocycles. The third kappa shape index (κ3) is 3.10. The molecule has 0 unspecified atom stereocenters. The normalized spacial score (nSPS) is 20.3. The van der Waals surface area contributed by atoms with E-state index in [1.54, 1.807) is 0 Å². The molecule has 0 radical (unpaired) electrons. The van der Waals surface area contributed by atoms with E-state index in [-0.39, 0.29) is 11.5 Å². The molecule has 4 rings (SSSR count). The van der Waals surface area contributed by atoms with Crippen molar-refractivity contribution in [3.8, 4) is 0 Å². The molecule has 2 aromatic heterocycles. The fourth-order valence-corrected chi connectivity index (χ4v) is 4.31. The number of nitrogens with zero attached hydrogens (tertiary/aromatic N) is 4. The summed E-state index contributed by atoms with van der Waals surface area (Å²) in [5, 5.41) is 4.34. The SMILES string of the molecule is CC(C)(C)OC(=O)N1CC2(CCC(c3cccc4nc(N)nn34)CC2)C1. The van der Waals surface area contributed by atoms with Gasteiger partial charge < -0.3 is 15.4 Å². The summed E-state index contributed by atoms with van der Waals surface area (Å²) >= 11 is 0. The zero-order valence-electron chi connectivity index (χ0n) is 15.7. The van der Waals surface area contributed by atoms with Gasteiger partial charge in [-0.05, 0) is 58.6 Å². The molecule has 26 heavy (non-hydrogen) atoms. The Labute approximate surface area is 153 Å². The van der Waals surface area contributed by atoms with Gasteiger partial charge in [-0.3, -0.25) is 0 Å². The van der Waals surface area contributed by atoms with E-state index in [9.17, 15) is 4.79 Å². The Kier molecular flexibility index (Phi) is 3.86. The first-order chi connectivity index (χ1) is 12.2. The number of ether oxygens (including phenoxy) is 1. The zero-order valence-corrected chi connectivity index (χ0v) is 15.7. The minimum atomic E-state index is -0.435. The Bertz CT molecular complexity index is 822. The van der Waals surface area contributed by atoms with Crippen molar-refractivity contribution < 1.29 is 9.53 Å². The van der Waals surface area contributed by atoms with Crippen molar-refractivity contribution in [2.45, 2.75) is 58.0 Å². The largest absolute Gasteiger partial charge is 0.444 e. The molecule has 2 aromatic rings. The molecule has 2 aliphatic rings. The summed E-state index contributed by atoms with van der Waals surface area (Å²) in [5.74, 6) is 0.776. The molecule has 7 heteroatoms. The van der Waals surface area contributed by atoms with Crippen molar-refractivity contribution in [2.24, 2.45) is 5.41 Å². The topological polar surface area (TPSA) is 85.8 Å². The number of likely N-dealkylation sites (tertiary alicyclic amines) is 1. The van der Waals surface area contributed by atoms with E-state index >= 15 is 0 Å². The lowest BCUT2D eigenvalue weighted by atomic mass is 9.65. The molecule has 1 saturated carbocycles.